The molecule has 0 spiro atoms. The lowest BCUT2D eigenvalue weighted by atomic mass is 9.95. The molecule has 4 rings (SSSR count). The number of rotatable bonds is 5. The van der Waals surface area contributed by atoms with Crippen LogP contribution in [0.3, 0.4) is 0 Å². The molecule has 6 nitrogen and oxygen atoms in total. The lowest BCUT2D eigenvalue weighted by molar-refractivity contribution is -0.125. The highest BCUT2D eigenvalue weighted by molar-refractivity contribution is 6.05. The van der Waals surface area contributed by atoms with E-state index in [0.29, 0.717) is 22.2 Å². The molecule has 1 aliphatic carbocycles. The van der Waals surface area contributed by atoms with Gasteiger partial charge in [-0.05, 0) is 49.2 Å². The van der Waals surface area contributed by atoms with Gasteiger partial charge in [0.05, 0.1) is 16.8 Å². The van der Waals surface area contributed by atoms with Crippen molar-refractivity contribution in [3.8, 4) is 17.0 Å². The summed E-state index contributed by atoms with van der Waals surface area (Å²) >= 11 is 0. The molecule has 0 unspecified atom stereocenters. The maximum atomic E-state index is 12.8. The van der Waals surface area contributed by atoms with Crippen molar-refractivity contribution in [2.75, 3.05) is 6.61 Å². The van der Waals surface area contributed by atoms with Crippen molar-refractivity contribution < 1.29 is 19.4 Å². The molecule has 0 aliphatic heterocycles. The number of phenols is 1. The van der Waals surface area contributed by atoms with E-state index in [0.717, 1.165) is 31.2 Å². The quantitative estimate of drug-likeness (QED) is 0.622. The lowest BCUT2D eigenvalue weighted by Gasteiger charge is -2.22. The number of nitrogens with zero attached hydrogens (tertiary/aromatic N) is 1. The first-order valence-corrected chi connectivity index (χ1v) is 10.3. The Kier molecular flexibility index (Phi) is 5.93. The first-order chi connectivity index (χ1) is 14.6. The van der Waals surface area contributed by atoms with Crippen LogP contribution in [0.25, 0.3) is 22.2 Å². The highest BCUT2D eigenvalue weighted by Crippen LogP contribution is 2.26. The minimum Gasteiger partial charge on any atom is -0.508 e. The van der Waals surface area contributed by atoms with Crippen LogP contribution >= 0.6 is 0 Å². The lowest BCUT2D eigenvalue weighted by Crippen LogP contribution is -2.38. The summed E-state index contributed by atoms with van der Waals surface area (Å²) in [6.45, 7) is -0.305. The highest BCUT2D eigenvalue weighted by Gasteiger charge is 2.19. The van der Waals surface area contributed by atoms with Gasteiger partial charge in [0.25, 0.3) is 5.91 Å². The Morgan fingerprint density at radius 3 is 2.53 bits per heavy atom. The predicted octanol–water partition coefficient (Wildman–Crippen LogP) is 4.21. The Hall–Kier alpha value is -3.41. The number of ether oxygens (including phenoxy) is 1. The van der Waals surface area contributed by atoms with Crippen LogP contribution in [-0.2, 0) is 9.53 Å². The number of hydrogen-bond donors (Lipinski definition) is 2. The summed E-state index contributed by atoms with van der Waals surface area (Å²) in [6, 6.07) is 15.8. The summed E-state index contributed by atoms with van der Waals surface area (Å²) in [6.07, 6.45) is 5.40. The van der Waals surface area contributed by atoms with Crippen molar-refractivity contribution in [2.24, 2.45) is 0 Å². The second-order valence-electron chi connectivity index (χ2n) is 7.60. The average molecular weight is 404 g/mol. The number of hydrogen-bond acceptors (Lipinski definition) is 5. The van der Waals surface area contributed by atoms with Crippen LogP contribution in [0.5, 0.6) is 5.75 Å². The minimum atomic E-state index is -0.563. The van der Waals surface area contributed by atoms with Crippen LogP contribution in [0.1, 0.15) is 42.5 Å². The van der Waals surface area contributed by atoms with Gasteiger partial charge in [-0.1, -0.05) is 37.5 Å². The van der Waals surface area contributed by atoms with Crippen molar-refractivity contribution in [3.63, 3.8) is 0 Å². The standard InChI is InChI=1S/C24H24N2O4/c27-18-12-10-16(11-13-18)22-14-20(19-8-4-5-9-21(19)26-22)24(29)30-15-23(28)25-17-6-2-1-3-7-17/h4-5,8-14,17,27H,1-3,6-7,15H2,(H,25,28). The predicted molar refractivity (Wildman–Crippen MR) is 114 cm³/mol. The van der Waals surface area contributed by atoms with Gasteiger partial charge in [-0.3, -0.25) is 4.79 Å². The van der Waals surface area contributed by atoms with E-state index in [1.807, 2.05) is 24.3 Å². The number of carbonyl (C=O) groups excluding carboxylic acids is 2. The van der Waals surface area contributed by atoms with E-state index in [9.17, 15) is 14.7 Å². The molecule has 2 aromatic carbocycles. The van der Waals surface area contributed by atoms with Crippen LogP contribution < -0.4 is 5.32 Å². The molecule has 1 aromatic heterocycles. The Bertz CT molecular complexity index is 1060. The molecule has 1 saturated carbocycles. The number of amides is 1. The fourth-order valence-corrected chi connectivity index (χ4v) is 3.85. The zero-order chi connectivity index (χ0) is 20.9. The van der Waals surface area contributed by atoms with Gasteiger partial charge in [0, 0.05) is 17.0 Å². The third-order valence-electron chi connectivity index (χ3n) is 5.40. The number of para-hydroxylation sites is 1. The van der Waals surface area contributed by atoms with E-state index in [1.165, 1.54) is 6.42 Å². The van der Waals surface area contributed by atoms with Gasteiger partial charge >= 0.3 is 5.97 Å². The molecule has 0 bridgehead atoms. The van der Waals surface area contributed by atoms with Crippen molar-refractivity contribution >= 4 is 22.8 Å². The molecule has 3 aromatic rings. The molecule has 6 heteroatoms. The molecule has 1 heterocycles. The number of aromatic hydroxyl groups is 1. The van der Waals surface area contributed by atoms with E-state index in [4.69, 9.17) is 4.74 Å². The largest absolute Gasteiger partial charge is 0.508 e. The summed E-state index contributed by atoms with van der Waals surface area (Å²) in [4.78, 5) is 29.7. The fourth-order valence-electron chi connectivity index (χ4n) is 3.85. The summed E-state index contributed by atoms with van der Waals surface area (Å²) in [5.41, 5.74) is 2.37. The summed E-state index contributed by atoms with van der Waals surface area (Å²) in [5, 5.41) is 13.1. The molecule has 1 amide bonds. The monoisotopic (exact) mass is 404 g/mol. The Morgan fingerprint density at radius 1 is 1.03 bits per heavy atom. The summed E-state index contributed by atoms with van der Waals surface area (Å²) in [7, 11) is 0. The van der Waals surface area contributed by atoms with E-state index in [2.05, 4.69) is 10.3 Å². The van der Waals surface area contributed by atoms with Crippen molar-refractivity contribution in [2.45, 2.75) is 38.1 Å². The second kappa shape index (κ2) is 8.95. The van der Waals surface area contributed by atoms with Crippen LogP contribution in [0.4, 0.5) is 0 Å². The molecule has 0 saturated heterocycles. The molecular weight excluding hydrogens is 380 g/mol. The van der Waals surface area contributed by atoms with Crippen LogP contribution in [0.2, 0.25) is 0 Å². The normalized spacial score (nSPS) is 14.4. The SMILES string of the molecule is O=C(COC(=O)c1cc(-c2ccc(O)cc2)nc2ccccc12)NC1CCCCC1. The van der Waals surface area contributed by atoms with Gasteiger partial charge in [-0.25, -0.2) is 9.78 Å². The first kappa shape index (κ1) is 19.9. The molecule has 30 heavy (non-hydrogen) atoms. The van der Waals surface area contributed by atoms with Crippen LogP contribution in [0, 0.1) is 0 Å². The third kappa shape index (κ3) is 4.59. The number of nitrogens with one attached hydrogen (secondary N) is 1. The molecule has 0 atom stereocenters. The van der Waals surface area contributed by atoms with Crippen molar-refractivity contribution in [1.82, 2.24) is 10.3 Å². The average Bonchev–Trinajstić information content (AvgIpc) is 2.78. The van der Waals surface area contributed by atoms with E-state index < -0.39 is 5.97 Å². The Balaban J connectivity index is 1.53. The third-order valence-corrected chi connectivity index (χ3v) is 5.40. The molecular formula is C24H24N2O4. The van der Waals surface area contributed by atoms with Crippen LogP contribution in [-0.4, -0.2) is 34.6 Å². The smallest absolute Gasteiger partial charge is 0.339 e. The van der Waals surface area contributed by atoms with Crippen molar-refractivity contribution in [3.05, 3.63) is 60.2 Å². The van der Waals surface area contributed by atoms with E-state index in [1.54, 1.807) is 30.3 Å². The maximum Gasteiger partial charge on any atom is 0.339 e. The number of benzene rings is 2. The topological polar surface area (TPSA) is 88.5 Å². The number of aromatic nitrogens is 1. The van der Waals surface area contributed by atoms with Gasteiger partial charge in [0.2, 0.25) is 0 Å². The summed E-state index contributed by atoms with van der Waals surface area (Å²) < 4.78 is 5.33. The fraction of sp³-hybridized carbons (Fsp3) is 0.292. The zero-order valence-electron chi connectivity index (χ0n) is 16.6. The molecule has 154 valence electrons. The van der Waals surface area contributed by atoms with E-state index in [-0.39, 0.29) is 24.3 Å². The van der Waals surface area contributed by atoms with E-state index >= 15 is 0 Å². The van der Waals surface area contributed by atoms with Crippen LogP contribution in [0.15, 0.2) is 54.6 Å². The van der Waals surface area contributed by atoms with Gasteiger partial charge in [0.1, 0.15) is 5.75 Å². The van der Waals surface area contributed by atoms with Gasteiger partial charge in [-0.15, -0.1) is 0 Å². The number of pyridine rings is 1. The number of carbonyl (C=O) groups is 2. The number of esters is 1. The number of fused-ring (bicyclic) bond motifs is 1. The first-order valence-electron chi connectivity index (χ1n) is 10.3. The molecule has 1 aliphatic rings. The summed E-state index contributed by atoms with van der Waals surface area (Å²) in [5.74, 6) is -0.678. The molecule has 0 radical (unpaired) electrons. The molecule has 2 N–H and O–H groups in total. The molecule has 1 fully saturated rings. The van der Waals surface area contributed by atoms with Gasteiger partial charge in [0.15, 0.2) is 6.61 Å². The Morgan fingerprint density at radius 2 is 1.77 bits per heavy atom. The van der Waals surface area contributed by atoms with Crippen molar-refractivity contribution in [1.29, 1.82) is 0 Å². The Labute approximate surface area is 174 Å². The zero-order valence-corrected chi connectivity index (χ0v) is 16.6. The van der Waals surface area contributed by atoms with Gasteiger partial charge < -0.3 is 15.2 Å². The number of phenolic OH excluding ortho intramolecular Hbond substituents is 1. The minimum absolute atomic E-state index is 0.156. The highest BCUT2D eigenvalue weighted by atomic mass is 16.5. The second-order valence-corrected chi connectivity index (χ2v) is 7.60. The maximum absolute atomic E-state index is 12.8. The van der Waals surface area contributed by atoms with Gasteiger partial charge in [-0.2, -0.15) is 0 Å².